The standard InChI is InChI=1S/C19H16BrF3N4O3S/c20-14-6-1-4-12(10-14)18(16-25-8-3-9-27(16)17(24)26-18)13-5-2-7-15(11-13)30-31(28,29)19(21,22)23/h1-2,4-7,10-11H,3,8-9H2,(H2,24,26). The van der Waals surface area contributed by atoms with Gasteiger partial charge in [-0.2, -0.15) is 21.6 Å². The molecule has 2 aliphatic rings. The van der Waals surface area contributed by atoms with Crippen molar-refractivity contribution in [2.45, 2.75) is 17.5 Å². The van der Waals surface area contributed by atoms with Crippen molar-refractivity contribution in [2.75, 3.05) is 13.1 Å². The van der Waals surface area contributed by atoms with Crippen LogP contribution in [0.25, 0.3) is 0 Å². The molecule has 1 unspecified atom stereocenters. The summed E-state index contributed by atoms with van der Waals surface area (Å²) in [6.45, 7) is 1.12. The molecule has 0 saturated heterocycles. The van der Waals surface area contributed by atoms with E-state index in [1.807, 2.05) is 6.07 Å². The van der Waals surface area contributed by atoms with Gasteiger partial charge in [-0.1, -0.05) is 40.2 Å². The molecule has 2 aromatic rings. The molecule has 2 aliphatic heterocycles. The first-order valence-electron chi connectivity index (χ1n) is 9.10. The van der Waals surface area contributed by atoms with Crippen LogP contribution in [0.3, 0.4) is 0 Å². The molecule has 164 valence electrons. The van der Waals surface area contributed by atoms with Crippen molar-refractivity contribution < 1.29 is 25.8 Å². The van der Waals surface area contributed by atoms with Crippen molar-refractivity contribution in [1.29, 1.82) is 0 Å². The number of benzene rings is 2. The van der Waals surface area contributed by atoms with Gasteiger partial charge in [-0.3, -0.25) is 9.89 Å². The quantitative estimate of drug-likeness (QED) is 0.496. The number of rotatable bonds is 4. The zero-order valence-corrected chi connectivity index (χ0v) is 18.2. The van der Waals surface area contributed by atoms with Crippen molar-refractivity contribution in [3.8, 4) is 5.75 Å². The van der Waals surface area contributed by atoms with E-state index in [0.29, 0.717) is 30.1 Å². The van der Waals surface area contributed by atoms with Crippen LogP contribution in [0.2, 0.25) is 0 Å². The van der Waals surface area contributed by atoms with Crippen LogP contribution in [-0.4, -0.2) is 43.7 Å². The van der Waals surface area contributed by atoms with Gasteiger partial charge in [0.2, 0.25) is 0 Å². The molecule has 2 heterocycles. The number of guanidine groups is 1. The highest BCUT2D eigenvalue weighted by Gasteiger charge is 2.51. The van der Waals surface area contributed by atoms with Crippen LogP contribution in [0.5, 0.6) is 5.75 Å². The highest BCUT2D eigenvalue weighted by Crippen LogP contribution is 2.43. The van der Waals surface area contributed by atoms with E-state index in [-0.39, 0.29) is 5.96 Å². The first kappa shape index (κ1) is 21.6. The van der Waals surface area contributed by atoms with E-state index in [4.69, 9.17) is 5.73 Å². The van der Waals surface area contributed by atoms with Crippen LogP contribution in [0.1, 0.15) is 17.5 Å². The Labute approximate surface area is 184 Å². The minimum absolute atomic E-state index is 0.215. The lowest BCUT2D eigenvalue weighted by Crippen LogP contribution is -2.46. The number of nitrogens with zero attached hydrogens (tertiary/aromatic N) is 3. The number of amidine groups is 1. The second kappa shape index (κ2) is 7.52. The van der Waals surface area contributed by atoms with Crippen LogP contribution >= 0.6 is 15.9 Å². The summed E-state index contributed by atoms with van der Waals surface area (Å²) in [5.41, 5.74) is 0.387. The Kier molecular flexibility index (Phi) is 5.24. The van der Waals surface area contributed by atoms with E-state index < -0.39 is 26.9 Å². The molecule has 0 spiro atoms. The molecular weight excluding hydrogens is 501 g/mol. The van der Waals surface area contributed by atoms with Gasteiger partial charge in [0.1, 0.15) is 11.6 Å². The zero-order valence-electron chi connectivity index (χ0n) is 15.8. The maximum atomic E-state index is 12.8. The first-order valence-corrected chi connectivity index (χ1v) is 11.3. The largest absolute Gasteiger partial charge is 0.534 e. The summed E-state index contributed by atoms with van der Waals surface area (Å²) in [6, 6.07) is 12.5. The van der Waals surface area contributed by atoms with Gasteiger partial charge in [-0.15, -0.1) is 0 Å². The summed E-state index contributed by atoms with van der Waals surface area (Å²) in [4.78, 5) is 11.0. The second-order valence-corrected chi connectivity index (χ2v) is 9.37. The molecule has 0 bridgehead atoms. The Morgan fingerprint density at radius 2 is 1.81 bits per heavy atom. The lowest BCUT2D eigenvalue weighted by atomic mass is 9.82. The Morgan fingerprint density at radius 1 is 1.13 bits per heavy atom. The fourth-order valence-electron chi connectivity index (χ4n) is 3.63. The maximum Gasteiger partial charge on any atom is 0.534 e. The highest BCUT2D eigenvalue weighted by molar-refractivity contribution is 9.10. The summed E-state index contributed by atoms with van der Waals surface area (Å²) in [5, 5.41) is 0. The minimum atomic E-state index is -5.82. The van der Waals surface area contributed by atoms with Gasteiger partial charge in [0.25, 0.3) is 0 Å². The molecule has 2 aromatic carbocycles. The van der Waals surface area contributed by atoms with Gasteiger partial charge in [0.15, 0.2) is 11.5 Å². The SMILES string of the molecule is NC1=NC(c2cccc(Br)c2)(c2cccc(OS(=O)(=O)C(F)(F)F)c2)C2=NCCCN12. The molecule has 7 nitrogen and oxygen atoms in total. The van der Waals surface area contributed by atoms with E-state index in [0.717, 1.165) is 17.0 Å². The summed E-state index contributed by atoms with van der Waals surface area (Å²) in [5.74, 6) is 0.241. The van der Waals surface area contributed by atoms with E-state index >= 15 is 0 Å². The van der Waals surface area contributed by atoms with Gasteiger partial charge < -0.3 is 9.92 Å². The van der Waals surface area contributed by atoms with E-state index in [9.17, 15) is 21.6 Å². The highest BCUT2D eigenvalue weighted by atomic mass is 79.9. The fourth-order valence-corrected chi connectivity index (χ4v) is 4.49. The Bertz CT molecular complexity index is 1200. The van der Waals surface area contributed by atoms with Crippen LogP contribution in [0.4, 0.5) is 13.2 Å². The van der Waals surface area contributed by atoms with Crippen molar-refractivity contribution in [3.63, 3.8) is 0 Å². The average molecular weight is 517 g/mol. The lowest BCUT2D eigenvalue weighted by Gasteiger charge is -2.33. The maximum absolute atomic E-state index is 12.8. The third-order valence-electron chi connectivity index (χ3n) is 4.92. The predicted octanol–water partition coefficient (Wildman–Crippen LogP) is 3.35. The summed E-state index contributed by atoms with van der Waals surface area (Å²) in [6.07, 6.45) is 0.765. The second-order valence-electron chi connectivity index (χ2n) is 6.91. The lowest BCUT2D eigenvalue weighted by molar-refractivity contribution is -0.0500. The molecule has 0 saturated carbocycles. The zero-order chi connectivity index (χ0) is 22.4. The predicted molar refractivity (Wildman–Crippen MR) is 112 cm³/mol. The van der Waals surface area contributed by atoms with Crippen molar-refractivity contribution in [3.05, 3.63) is 64.1 Å². The van der Waals surface area contributed by atoms with E-state index in [1.54, 1.807) is 29.2 Å². The van der Waals surface area contributed by atoms with Crippen LogP contribution in [-0.2, 0) is 15.7 Å². The van der Waals surface area contributed by atoms with Crippen LogP contribution < -0.4 is 9.92 Å². The number of fused-ring (bicyclic) bond motifs is 1. The molecule has 0 aromatic heterocycles. The molecule has 2 N–H and O–H groups in total. The molecule has 31 heavy (non-hydrogen) atoms. The van der Waals surface area contributed by atoms with Crippen molar-refractivity contribution in [2.24, 2.45) is 15.7 Å². The third kappa shape index (κ3) is 3.67. The van der Waals surface area contributed by atoms with Gasteiger partial charge >= 0.3 is 15.6 Å². The van der Waals surface area contributed by atoms with Crippen molar-refractivity contribution in [1.82, 2.24) is 4.90 Å². The van der Waals surface area contributed by atoms with Gasteiger partial charge in [-0.05, 0) is 41.8 Å². The van der Waals surface area contributed by atoms with Crippen LogP contribution in [0, 0.1) is 0 Å². The minimum Gasteiger partial charge on any atom is -0.376 e. The molecule has 0 radical (unpaired) electrons. The normalized spacial score (nSPS) is 21.4. The summed E-state index contributed by atoms with van der Waals surface area (Å²) < 4.78 is 66.5. The average Bonchev–Trinajstić information content (AvgIpc) is 3.01. The molecule has 4 rings (SSSR count). The molecule has 0 fully saturated rings. The smallest absolute Gasteiger partial charge is 0.376 e. The number of hydrogen-bond donors (Lipinski definition) is 1. The number of nitrogens with two attached hydrogens (primary N) is 1. The van der Waals surface area contributed by atoms with E-state index in [1.165, 1.54) is 12.1 Å². The monoisotopic (exact) mass is 516 g/mol. The third-order valence-corrected chi connectivity index (χ3v) is 6.40. The van der Waals surface area contributed by atoms with E-state index in [2.05, 4.69) is 30.1 Å². The molecule has 1 atom stereocenters. The topological polar surface area (TPSA) is 97.3 Å². The Hall–Kier alpha value is -2.60. The first-order chi connectivity index (χ1) is 14.5. The molecule has 0 amide bonds. The molecular formula is C19H16BrF3N4O3S. The molecule has 12 heteroatoms. The summed E-state index contributed by atoms with van der Waals surface area (Å²) >= 11 is 3.42. The summed E-state index contributed by atoms with van der Waals surface area (Å²) in [7, 11) is -5.82. The van der Waals surface area contributed by atoms with Gasteiger partial charge in [0.05, 0.1) is 0 Å². The van der Waals surface area contributed by atoms with Crippen LogP contribution in [0.15, 0.2) is 63.0 Å². The fraction of sp³-hybridized carbons (Fsp3) is 0.263. The number of alkyl halides is 3. The van der Waals surface area contributed by atoms with Gasteiger partial charge in [-0.25, -0.2) is 4.99 Å². The Balaban J connectivity index is 1.90. The number of hydrogen-bond acceptors (Lipinski definition) is 7. The number of halogens is 4. The number of aliphatic imine (C=N–C) groups is 2. The molecule has 0 aliphatic carbocycles. The Morgan fingerprint density at radius 3 is 2.48 bits per heavy atom. The van der Waals surface area contributed by atoms with Gasteiger partial charge in [0, 0.05) is 17.6 Å². The van der Waals surface area contributed by atoms with Crippen molar-refractivity contribution >= 4 is 37.8 Å².